The van der Waals surface area contributed by atoms with Crippen LogP contribution in [0.3, 0.4) is 0 Å². The van der Waals surface area contributed by atoms with Gasteiger partial charge in [0.1, 0.15) is 5.75 Å². The molecule has 0 radical (unpaired) electrons. The van der Waals surface area contributed by atoms with Crippen LogP contribution >= 0.6 is 0 Å². The molecule has 4 nitrogen and oxygen atoms in total. The normalized spacial score (nSPS) is 10.6. The summed E-state index contributed by atoms with van der Waals surface area (Å²) in [4.78, 5) is 28.3. The zero-order valence-corrected chi connectivity index (χ0v) is 13.8. The van der Waals surface area contributed by atoms with Crippen LogP contribution in [0.25, 0.3) is 10.9 Å². The maximum absolute atomic E-state index is 12.6. The van der Waals surface area contributed by atoms with Crippen molar-refractivity contribution in [2.45, 2.75) is 20.8 Å². The number of hydrogen-bond donors (Lipinski definition) is 0. The zero-order valence-electron chi connectivity index (χ0n) is 13.8. The van der Waals surface area contributed by atoms with Crippen molar-refractivity contribution in [3.8, 4) is 5.75 Å². The minimum atomic E-state index is -0.438. The highest BCUT2D eigenvalue weighted by Gasteiger charge is 2.15. The van der Waals surface area contributed by atoms with Crippen molar-refractivity contribution in [3.05, 3.63) is 70.9 Å². The van der Waals surface area contributed by atoms with Crippen LogP contribution < -0.4 is 4.74 Å². The second-order valence-electron chi connectivity index (χ2n) is 5.80. The van der Waals surface area contributed by atoms with Crippen LogP contribution in [0.1, 0.15) is 38.9 Å². The van der Waals surface area contributed by atoms with E-state index in [9.17, 15) is 9.59 Å². The minimum absolute atomic E-state index is 0.0286. The molecule has 4 heteroatoms. The number of pyridine rings is 1. The topological polar surface area (TPSA) is 56.3 Å². The van der Waals surface area contributed by atoms with Crippen LogP contribution in [-0.2, 0) is 0 Å². The van der Waals surface area contributed by atoms with Crippen molar-refractivity contribution in [2.24, 2.45) is 0 Å². The molecule has 0 N–H and O–H groups in total. The second-order valence-corrected chi connectivity index (χ2v) is 5.80. The number of aromatic nitrogens is 1. The van der Waals surface area contributed by atoms with Gasteiger partial charge in [-0.05, 0) is 63.2 Å². The summed E-state index contributed by atoms with van der Waals surface area (Å²) in [6, 6.07) is 14.0. The van der Waals surface area contributed by atoms with E-state index in [1.54, 1.807) is 30.3 Å². The van der Waals surface area contributed by atoms with Crippen molar-refractivity contribution in [2.75, 3.05) is 0 Å². The number of aryl methyl sites for hydroxylation is 2. The highest BCUT2D eigenvalue weighted by atomic mass is 16.5. The molecule has 3 aromatic rings. The van der Waals surface area contributed by atoms with Crippen LogP contribution in [0.5, 0.6) is 5.75 Å². The Morgan fingerprint density at radius 1 is 0.958 bits per heavy atom. The van der Waals surface area contributed by atoms with Crippen molar-refractivity contribution in [1.29, 1.82) is 0 Å². The van der Waals surface area contributed by atoms with E-state index in [2.05, 4.69) is 4.98 Å². The molecule has 0 saturated carbocycles. The quantitative estimate of drug-likeness (QED) is 0.411. The molecule has 0 aliphatic carbocycles. The molecule has 1 aromatic heterocycles. The van der Waals surface area contributed by atoms with Crippen molar-refractivity contribution in [3.63, 3.8) is 0 Å². The van der Waals surface area contributed by atoms with Gasteiger partial charge in [-0.2, -0.15) is 0 Å². The standard InChI is InChI=1S/C20H17NO3/c1-12-4-9-19-17(10-12)18(11-13(2)21-19)20(23)24-16-7-5-15(6-8-16)14(3)22/h4-11H,1-3H3. The Hall–Kier alpha value is -3.01. The van der Waals surface area contributed by atoms with E-state index in [-0.39, 0.29) is 5.78 Å². The summed E-state index contributed by atoms with van der Waals surface area (Å²) < 4.78 is 5.46. The van der Waals surface area contributed by atoms with Gasteiger partial charge < -0.3 is 4.74 Å². The van der Waals surface area contributed by atoms with Gasteiger partial charge in [-0.3, -0.25) is 9.78 Å². The number of rotatable bonds is 3. The molecule has 0 amide bonds. The Bertz CT molecular complexity index is 943. The van der Waals surface area contributed by atoms with Gasteiger partial charge in [0, 0.05) is 16.6 Å². The van der Waals surface area contributed by atoms with Gasteiger partial charge in [-0.25, -0.2) is 4.79 Å². The van der Waals surface area contributed by atoms with Crippen LogP contribution in [0, 0.1) is 13.8 Å². The van der Waals surface area contributed by atoms with Gasteiger partial charge in [0.2, 0.25) is 0 Å². The fourth-order valence-corrected chi connectivity index (χ4v) is 2.56. The maximum Gasteiger partial charge on any atom is 0.344 e. The monoisotopic (exact) mass is 319 g/mol. The summed E-state index contributed by atoms with van der Waals surface area (Å²) in [6.07, 6.45) is 0. The lowest BCUT2D eigenvalue weighted by molar-refractivity contribution is 0.0736. The second kappa shape index (κ2) is 6.24. The molecule has 1 heterocycles. The third-order valence-corrected chi connectivity index (χ3v) is 3.78. The van der Waals surface area contributed by atoms with E-state index in [0.29, 0.717) is 16.9 Å². The average molecular weight is 319 g/mol. The van der Waals surface area contributed by atoms with Gasteiger partial charge in [-0.15, -0.1) is 0 Å². The van der Waals surface area contributed by atoms with Crippen LogP contribution in [0.15, 0.2) is 48.5 Å². The van der Waals surface area contributed by atoms with E-state index in [1.807, 2.05) is 32.0 Å². The smallest absolute Gasteiger partial charge is 0.344 e. The molecule has 0 spiro atoms. The number of fused-ring (bicyclic) bond motifs is 1. The van der Waals surface area contributed by atoms with E-state index >= 15 is 0 Å². The summed E-state index contributed by atoms with van der Waals surface area (Å²) in [6.45, 7) is 5.31. The van der Waals surface area contributed by atoms with Gasteiger partial charge in [-0.1, -0.05) is 11.6 Å². The van der Waals surface area contributed by atoms with Crippen molar-refractivity contribution < 1.29 is 14.3 Å². The Kier molecular flexibility index (Phi) is 4.13. The zero-order chi connectivity index (χ0) is 17.3. The molecule has 120 valence electrons. The summed E-state index contributed by atoms with van der Waals surface area (Å²) in [5, 5.41) is 0.769. The van der Waals surface area contributed by atoms with Crippen LogP contribution in [-0.4, -0.2) is 16.7 Å². The molecule has 0 atom stereocenters. The first-order valence-electron chi connectivity index (χ1n) is 7.65. The first kappa shape index (κ1) is 15.9. The molecule has 0 aliphatic heterocycles. The number of carbonyl (C=O) groups excluding carboxylic acids is 2. The molecule has 24 heavy (non-hydrogen) atoms. The Balaban J connectivity index is 1.96. The number of ether oxygens (including phenoxy) is 1. The summed E-state index contributed by atoms with van der Waals surface area (Å²) in [5.74, 6) is -0.0638. The number of benzene rings is 2. The molecule has 0 saturated heterocycles. The van der Waals surface area contributed by atoms with Crippen molar-refractivity contribution in [1.82, 2.24) is 4.98 Å². The van der Waals surface area contributed by atoms with Crippen LogP contribution in [0.2, 0.25) is 0 Å². The predicted octanol–water partition coefficient (Wildman–Crippen LogP) is 4.27. The first-order valence-corrected chi connectivity index (χ1v) is 7.65. The average Bonchev–Trinajstić information content (AvgIpc) is 2.55. The third kappa shape index (κ3) is 3.18. The Morgan fingerprint density at radius 3 is 2.33 bits per heavy atom. The largest absolute Gasteiger partial charge is 0.423 e. The third-order valence-electron chi connectivity index (χ3n) is 3.78. The number of Topliss-reactive ketones (excluding diaryl/α,β-unsaturated/α-hetero) is 1. The number of nitrogens with zero attached hydrogens (tertiary/aromatic N) is 1. The number of carbonyl (C=O) groups is 2. The summed E-state index contributed by atoms with van der Waals surface area (Å²) in [5.41, 5.74) is 3.63. The Morgan fingerprint density at radius 2 is 1.67 bits per heavy atom. The molecular weight excluding hydrogens is 302 g/mol. The lowest BCUT2D eigenvalue weighted by atomic mass is 10.1. The van der Waals surface area contributed by atoms with Gasteiger partial charge in [0.05, 0.1) is 11.1 Å². The van der Waals surface area contributed by atoms with Gasteiger partial charge >= 0.3 is 5.97 Å². The van der Waals surface area contributed by atoms with Crippen molar-refractivity contribution >= 4 is 22.7 Å². The molecule has 2 aromatic carbocycles. The maximum atomic E-state index is 12.6. The minimum Gasteiger partial charge on any atom is -0.423 e. The first-order chi connectivity index (χ1) is 11.4. The highest BCUT2D eigenvalue weighted by Crippen LogP contribution is 2.22. The molecule has 0 aliphatic rings. The van der Waals surface area contributed by atoms with E-state index in [0.717, 1.165) is 22.2 Å². The molecule has 0 bridgehead atoms. The molecular formula is C20H17NO3. The molecule has 0 fully saturated rings. The highest BCUT2D eigenvalue weighted by molar-refractivity contribution is 6.04. The van der Waals surface area contributed by atoms with Crippen LogP contribution in [0.4, 0.5) is 0 Å². The fraction of sp³-hybridized carbons (Fsp3) is 0.150. The van der Waals surface area contributed by atoms with Gasteiger partial charge in [0.25, 0.3) is 0 Å². The number of ketones is 1. The Labute approximate surface area is 140 Å². The fourth-order valence-electron chi connectivity index (χ4n) is 2.56. The van der Waals surface area contributed by atoms with E-state index in [4.69, 9.17) is 4.74 Å². The number of hydrogen-bond acceptors (Lipinski definition) is 4. The molecule has 3 rings (SSSR count). The van der Waals surface area contributed by atoms with Gasteiger partial charge in [0.15, 0.2) is 5.78 Å². The predicted molar refractivity (Wildman–Crippen MR) is 92.6 cm³/mol. The van der Waals surface area contributed by atoms with E-state index < -0.39 is 5.97 Å². The summed E-state index contributed by atoms with van der Waals surface area (Å²) in [7, 11) is 0. The lowest BCUT2D eigenvalue weighted by Gasteiger charge is -2.09. The number of esters is 1. The lowest BCUT2D eigenvalue weighted by Crippen LogP contribution is -2.10. The molecule has 0 unspecified atom stereocenters. The summed E-state index contributed by atoms with van der Waals surface area (Å²) >= 11 is 0. The SMILES string of the molecule is CC(=O)c1ccc(OC(=O)c2cc(C)nc3ccc(C)cc23)cc1. The van der Waals surface area contributed by atoms with E-state index in [1.165, 1.54) is 6.92 Å².